The summed E-state index contributed by atoms with van der Waals surface area (Å²) in [5, 5.41) is 10.6. The van der Waals surface area contributed by atoms with Gasteiger partial charge in [-0.15, -0.1) is 0 Å². The summed E-state index contributed by atoms with van der Waals surface area (Å²) in [6.45, 7) is 4.90. The number of hydrogen-bond acceptors (Lipinski definition) is 15. The fourth-order valence-corrected chi connectivity index (χ4v) is 13.7. The lowest BCUT2D eigenvalue weighted by Gasteiger charge is -2.21. The molecular formula is C78H152O17P2. The van der Waals surface area contributed by atoms with Crippen LogP contribution in [0.5, 0.6) is 0 Å². The van der Waals surface area contributed by atoms with Crippen LogP contribution in [0.4, 0.5) is 0 Å². The maximum atomic E-state index is 13.1. The van der Waals surface area contributed by atoms with Gasteiger partial charge in [0.1, 0.15) is 19.3 Å². The average molecular weight is 1420 g/mol. The van der Waals surface area contributed by atoms with Crippen LogP contribution >= 0.6 is 15.6 Å². The van der Waals surface area contributed by atoms with Crippen molar-refractivity contribution in [3.8, 4) is 0 Å². The van der Waals surface area contributed by atoms with E-state index in [0.717, 1.165) is 116 Å². The minimum Gasteiger partial charge on any atom is -0.462 e. The van der Waals surface area contributed by atoms with E-state index in [1.807, 2.05) is 0 Å². The number of unbranched alkanes of at least 4 members (excludes halogenated alkanes) is 53. The molecule has 17 nitrogen and oxygen atoms in total. The van der Waals surface area contributed by atoms with Crippen molar-refractivity contribution >= 4 is 39.5 Å². The van der Waals surface area contributed by atoms with E-state index in [1.54, 1.807) is 0 Å². The van der Waals surface area contributed by atoms with Gasteiger partial charge >= 0.3 is 39.5 Å². The highest BCUT2D eigenvalue weighted by atomic mass is 31.2. The van der Waals surface area contributed by atoms with Crippen LogP contribution in [0, 0.1) is 0 Å². The largest absolute Gasteiger partial charge is 0.472 e. The first-order chi connectivity index (χ1) is 47.2. The molecule has 0 fully saturated rings. The van der Waals surface area contributed by atoms with Crippen LogP contribution in [0.15, 0.2) is 0 Å². The van der Waals surface area contributed by atoms with Gasteiger partial charge in [-0.05, 0) is 25.7 Å². The number of aliphatic hydroxyl groups excluding tert-OH is 1. The Kier molecular flexibility index (Phi) is 71.0. The standard InChI is InChI=1S/C78H152O17P2/c1-5-9-13-17-21-23-25-27-29-31-33-35-37-39-41-43-45-47-49-53-57-61-65-78(83)95-74(69-89-76(81)63-59-55-52-48-46-44-42-40-38-36-34-32-30-28-26-24-22-18-14-10-6-2)71-93-97(86,87)91-67-72(79)66-90-96(84,85)92-70-73(94-77(82)64-60-56-51-20-16-12-8-4)68-88-75(80)62-58-54-50-19-15-11-7-3/h72-74,79H,5-71H2,1-4H3,(H,84,85)(H,86,87)/t72-,73+,74+/m0/s1. The molecule has 0 rings (SSSR count). The molecule has 97 heavy (non-hydrogen) atoms. The molecule has 0 spiro atoms. The molecule has 0 aromatic rings. The normalized spacial score (nSPS) is 13.8. The van der Waals surface area contributed by atoms with Crippen molar-refractivity contribution in [3.05, 3.63) is 0 Å². The number of carbonyl (C=O) groups excluding carboxylic acids is 4. The second-order valence-electron chi connectivity index (χ2n) is 28.1. The number of esters is 4. The zero-order valence-corrected chi connectivity index (χ0v) is 64.8. The first kappa shape index (κ1) is 95.1. The third-order valence-corrected chi connectivity index (χ3v) is 20.3. The molecule has 0 saturated carbocycles. The minimum absolute atomic E-state index is 0.104. The van der Waals surface area contributed by atoms with Crippen molar-refractivity contribution < 1.29 is 80.2 Å². The van der Waals surface area contributed by atoms with Gasteiger partial charge in [0, 0.05) is 25.7 Å². The zero-order chi connectivity index (χ0) is 71.1. The third-order valence-electron chi connectivity index (χ3n) is 18.4. The highest BCUT2D eigenvalue weighted by Crippen LogP contribution is 2.45. The summed E-state index contributed by atoms with van der Waals surface area (Å²) in [7, 11) is -9.90. The van der Waals surface area contributed by atoms with Gasteiger partial charge in [0.25, 0.3) is 0 Å². The molecule has 0 aliphatic heterocycles. The smallest absolute Gasteiger partial charge is 0.462 e. The summed E-state index contributed by atoms with van der Waals surface area (Å²) >= 11 is 0. The number of phosphoric acid groups is 2. The number of aliphatic hydroxyl groups is 1. The molecule has 576 valence electrons. The Labute approximate surface area is 594 Å². The predicted molar refractivity (Wildman–Crippen MR) is 395 cm³/mol. The van der Waals surface area contributed by atoms with E-state index in [-0.39, 0.29) is 25.7 Å². The van der Waals surface area contributed by atoms with E-state index in [2.05, 4.69) is 27.7 Å². The lowest BCUT2D eigenvalue weighted by molar-refractivity contribution is -0.161. The van der Waals surface area contributed by atoms with Crippen molar-refractivity contribution in [3.63, 3.8) is 0 Å². The van der Waals surface area contributed by atoms with Crippen LogP contribution in [0.1, 0.15) is 419 Å². The Morgan fingerprint density at radius 2 is 0.412 bits per heavy atom. The van der Waals surface area contributed by atoms with Gasteiger partial charge in [-0.2, -0.15) is 0 Å². The minimum atomic E-state index is -4.96. The second kappa shape index (κ2) is 72.4. The van der Waals surface area contributed by atoms with Crippen LogP contribution in [0.2, 0.25) is 0 Å². The van der Waals surface area contributed by atoms with Gasteiger partial charge in [0.15, 0.2) is 12.2 Å². The van der Waals surface area contributed by atoms with E-state index in [1.165, 1.54) is 225 Å². The molecule has 0 saturated heterocycles. The van der Waals surface area contributed by atoms with E-state index in [9.17, 15) is 43.2 Å². The Morgan fingerprint density at radius 3 is 0.608 bits per heavy atom. The molecule has 0 aliphatic carbocycles. The number of carbonyl (C=O) groups is 4. The maximum Gasteiger partial charge on any atom is 0.472 e. The summed E-state index contributed by atoms with van der Waals surface area (Å²) in [5.74, 6) is -2.12. The lowest BCUT2D eigenvalue weighted by atomic mass is 10.0. The second-order valence-corrected chi connectivity index (χ2v) is 31.0. The highest BCUT2D eigenvalue weighted by Gasteiger charge is 2.30. The first-order valence-corrected chi connectivity index (χ1v) is 43.8. The molecule has 0 amide bonds. The molecule has 5 atom stereocenters. The van der Waals surface area contributed by atoms with E-state index in [4.69, 9.17) is 37.0 Å². The number of rotatable bonds is 79. The Bertz CT molecular complexity index is 1840. The zero-order valence-electron chi connectivity index (χ0n) is 63.1. The maximum absolute atomic E-state index is 13.1. The number of ether oxygens (including phenoxy) is 4. The van der Waals surface area contributed by atoms with Gasteiger partial charge in [0.05, 0.1) is 26.4 Å². The van der Waals surface area contributed by atoms with Gasteiger partial charge in [0.2, 0.25) is 0 Å². The van der Waals surface area contributed by atoms with Crippen molar-refractivity contribution in [2.45, 2.75) is 438 Å². The number of hydrogen-bond donors (Lipinski definition) is 3. The Balaban J connectivity index is 5.07. The molecule has 19 heteroatoms. The Morgan fingerprint density at radius 1 is 0.247 bits per heavy atom. The molecule has 0 aliphatic rings. The molecule has 0 radical (unpaired) electrons. The summed E-state index contributed by atoms with van der Waals surface area (Å²) in [4.78, 5) is 72.5. The van der Waals surface area contributed by atoms with E-state index >= 15 is 0 Å². The van der Waals surface area contributed by atoms with Crippen molar-refractivity contribution in [2.75, 3.05) is 39.6 Å². The topological polar surface area (TPSA) is 237 Å². The molecule has 0 aromatic heterocycles. The predicted octanol–water partition coefficient (Wildman–Crippen LogP) is 23.4. The monoisotopic (exact) mass is 1420 g/mol. The van der Waals surface area contributed by atoms with Gasteiger partial charge < -0.3 is 33.8 Å². The number of phosphoric ester groups is 2. The fraction of sp³-hybridized carbons (Fsp3) is 0.949. The average Bonchev–Trinajstić information content (AvgIpc) is 1.54. The molecule has 3 N–H and O–H groups in total. The van der Waals surface area contributed by atoms with E-state index in [0.29, 0.717) is 25.7 Å². The quantitative estimate of drug-likeness (QED) is 0.0222. The van der Waals surface area contributed by atoms with Crippen LogP contribution in [-0.4, -0.2) is 96.7 Å². The van der Waals surface area contributed by atoms with Crippen molar-refractivity contribution in [1.29, 1.82) is 0 Å². The van der Waals surface area contributed by atoms with Crippen molar-refractivity contribution in [1.82, 2.24) is 0 Å². The summed E-state index contributed by atoms with van der Waals surface area (Å²) in [5.41, 5.74) is 0. The van der Waals surface area contributed by atoms with Crippen molar-refractivity contribution in [2.24, 2.45) is 0 Å². The fourth-order valence-electron chi connectivity index (χ4n) is 12.1. The van der Waals surface area contributed by atoms with Crippen LogP contribution in [0.25, 0.3) is 0 Å². The van der Waals surface area contributed by atoms with Crippen LogP contribution in [0.3, 0.4) is 0 Å². The third kappa shape index (κ3) is 72.2. The summed E-state index contributed by atoms with van der Waals surface area (Å²) in [6.07, 6.45) is 64.6. The summed E-state index contributed by atoms with van der Waals surface area (Å²) in [6, 6.07) is 0. The van der Waals surface area contributed by atoms with Gasteiger partial charge in [-0.25, -0.2) is 9.13 Å². The molecule has 0 heterocycles. The molecule has 2 unspecified atom stereocenters. The van der Waals surface area contributed by atoms with Gasteiger partial charge in [-0.1, -0.05) is 368 Å². The molecule has 0 aromatic carbocycles. The highest BCUT2D eigenvalue weighted by molar-refractivity contribution is 7.47. The molecule has 0 bridgehead atoms. The first-order valence-electron chi connectivity index (χ1n) is 40.8. The van der Waals surface area contributed by atoms with E-state index < -0.39 is 97.5 Å². The van der Waals surface area contributed by atoms with Crippen LogP contribution < -0.4 is 0 Å². The summed E-state index contributed by atoms with van der Waals surface area (Å²) < 4.78 is 68.3. The van der Waals surface area contributed by atoms with Crippen LogP contribution in [-0.2, 0) is 65.4 Å². The SMILES string of the molecule is CCCCCCCCCCCCCCCCCCCCCCCCC(=O)O[C@H](COC(=O)CCCCCCCCCCCCCCCCCCCCCCC)COP(=O)(O)OC[C@@H](O)COP(=O)(O)OC[C@@H](COC(=O)CCCCCCCCC)OC(=O)CCCCCCCCC. The lowest BCUT2D eigenvalue weighted by Crippen LogP contribution is -2.30. The molecular weight excluding hydrogens is 1270 g/mol. The van der Waals surface area contributed by atoms with Gasteiger partial charge in [-0.3, -0.25) is 37.3 Å². The Hall–Kier alpha value is -1.94.